The molecule has 0 spiro atoms. The highest BCUT2D eigenvalue weighted by molar-refractivity contribution is 8.00. The highest BCUT2D eigenvalue weighted by Crippen LogP contribution is 2.42. The highest BCUT2D eigenvalue weighted by Gasteiger charge is 2.45. The molecule has 1 amide bonds. The van der Waals surface area contributed by atoms with Crippen molar-refractivity contribution in [3.8, 4) is 0 Å². The summed E-state index contributed by atoms with van der Waals surface area (Å²) in [6.45, 7) is 2.23. The predicted octanol–water partition coefficient (Wildman–Crippen LogP) is 1.95. The summed E-state index contributed by atoms with van der Waals surface area (Å²) in [4.78, 5) is 39.7. The van der Waals surface area contributed by atoms with Gasteiger partial charge in [-0.1, -0.05) is 24.8 Å². The standard InChI is InChI=1S/C15H18N2O4S/c1-2-15(8-6-13(19)20,17-10-7-11(18)14(17)21)22-12-5-3-4-9-16-12/h3-5,9H,2,6-8,10H2,1H3,(H,19,20). The van der Waals surface area contributed by atoms with E-state index in [4.69, 9.17) is 5.11 Å². The Morgan fingerprint density at radius 3 is 2.73 bits per heavy atom. The molecule has 0 radical (unpaired) electrons. The third-order valence-electron chi connectivity index (χ3n) is 3.75. The monoisotopic (exact) mass is 322 g/mol. The summed E-state index contributed by atoms with van der Waals surface area (Å²) >= 11 is 1.36. The van der Waals surface area contributed by atoms with Crippen LogP contribution in [0.1, 0.15) is 32.6 Å². The van der Waals surface area contributed by atoms with E-state index < -0.39 is 22.5 Å². The Kier molecular flexibility index (Phi) is 5.18. The number of ketones is 1. The second-order valence-corrected chi connectivity index (χ2v) is 6.48. The van der Waals surface area contributed by atoms with E-state index in [0.717, 1.165) is 0 Å². The maximum absolute atomic E-state index is 12.1. The van der Waals surface area contributed by atoms with Gasteiger partial charge >= 0.3 is 5.97 Å². The van der Waals surface area contributed by atoms with Crippen LogP contribution in [0.4, 0.5) is 0 Å². The van der Waals surface area contributed by atoms with E-state index in [9.17, 15) is 14.4 Å². The number of hydrogen-bond donors (Lipinski definition) is 1. The van der Waals surface area contributed by atoms with Crippen LogP contribution in [-0.4, -0.2) is 44.1 Å². The van der Waals surface area contributed by atoms with Gasteiger partial charge in [-0.25, -0.2) is 4.98 Å². The van der Waals surface area contributed by atoms with E-state index >= 15 is 0 Å². The third kappa shape index (κ3) is 3.47. The van der Waals surface area contributed by atoms with Crippen LogP contribution >= 0.6 is 11.8 Å². The van der Waals surface area contributed by atoms with Gasteiger partial charge in [0.2, 0.25) is 5.78 Å². The van der Waals surface area contributed by atoms with Gasteiger partial charge in [-0.2, -0.15) is 0 Å². The Bertz CT molecular complexity index is 578. The average molecular weight is 322 g/mol. The molecule has 2 heterocycles. The summed E-state index contributed by atoms with van der Waals surface area (Å²) in [7, 11) is 0. The number of aliphatic carboxylic acids is 1. The maximum atomic E-state index is 12.1. The van der Waals surface area contributed by atoms with Crippen LogP contribution in [0.15, 0.2) is 29.4 Å². The minimum absolute atomic E-state index is 0.0638. The van der Waals surface area contributed by atoms with Crippen molar-refractivity contribution >= 4 is 29.4 Å². The Labute approximate surface area is 132 Å². The fourth-order valence-electron chi connectivity index (χ4n) is 2.55. The van der Waals surface area contributed by atoms with Crippen molar-refractivity contribution in [2.75, 3.05) is 6.54 Å². The van der Waals surface area contributed by atoms with Crippen LogP contribution in [-0.2, 0) is 14.4 Å². The summed E-state index contributed by atoms with van der Waals surface area (Å²) in [6, 6.07) is 5.45. The fourth-order valence-corrected chi connectivity index (χ4v) is 3.83. The number of amides is 1. The van der Waals surface area contributed by atoms with E-state index in [1.807, 2.05) is 19.1 Å². The van der Waals surface area contributed by atoms with Gasteiger partial charge in [0, 0.05) is 25.6 Å². The fraction of sp³-hybridized carbons (Fsp3) is 0.467. The normalized spacial score (nSPS) is 17.6. The van der Waals surface area contributed by atoms with E-state index in [-0.39, 0.29) is 19.3 Å². The van der Waals surface area contributed by atoms with Gasteiger partial charge in [-0.05, 0) is 25.0 Å². The summed E-state index contributed by atoms with van der Waals surface area (Å²) < 4.78 is 0. The van der Waals surface area contributed by atoms with Crippen LogP contribution in [0, 0.1) is 0 Å². The Balaban J connectivity index is 2.31. The van der Waals surface area contributed by atoms with Crippen molar-refractivity contribution in [2.45, 2.75) is 42.5 Å². The number of aromatic nitrogens is 1. The summed E-state index contributed by atoms with van der Waals surface area (Å²) in [5.41, 5.74) is 0. The first kappa shape index (κ1) is 16.5. The summed E-state index contributed by atoms with van der Waals surface area (Å²) in [5.74, 6) is -1.84. The van der Waals surface area contributed by atoms with Crippen LogP contribution in [0.25, 0.3) is 0 Å². The van der Waals surface area contributed by atoms with Crippen molar-refractivity contribution in [2.24, 2.45) is 0 Å². The molecule has 7 heteroatoms. The number of thioether (sulfide) groups is 1. The molecule has 1 N–H and O–H groups in total. The summed E-state index contributed by atoms with van der Waals surface area (Å²) in [5, 5.41) is 9.71. The SMILES string of the molecule is CCC(CCC(=O)O)(Sc1ccccn1)N1CCC(=O)C1=O. The number of hydrogen-bond acceptors (Lipinski definition) is 5. The van der Waals surface area contributed by atoms with E-state index in [0.29, 0.717) is 18.0 Å². The van der Waals surface area contributed by atoms with E-state index in [2.05, 4.69) is 4.98 Å². The van der Waals surface area contributed by atoms with Crippen LogP contribution in [0.2, 0.25) is 0 Å². The lowest BCUT2D eigenvalue weighted by molar-refractivity contribution is -0.142. The van der Waals surface area contributed by atoms with Gasteiger partial charge in [-0.15, -0.1) is 0 Å². The molecule has 1 aromatic rings. The first-order valence-corrected chi connectivity index (χ1v) is 7.97. The molecule has 1 atom stereocenters. The first-order chi connectivity index (χ1) is 10.5. The number of pyridine rings is 1. The molecule has 6 nitrogen and oxygen atoms in total. The molecule has 0 saturated carbocycles. The van der Waals surface area contributed by atoms with Gasteiger partial charge < -0.3 is 10.0 Å². The number of likely N-dealkylation sites (tertiary alicyclic amines) is 1. The lowest BCUT2D eigenvalue weighted by atomic mass is 10.1. The lowest BCUT2D eigenvalue weighted by Crippen LogP contribution is -2.47. The Morgan fingerprint density at radius 1 is 1.45 bits per heavy atom. The number of carbonyl (C=O) groups is 3. The van der Waals surface area contributed by atoms with Crippen molar-refractivity contribution in [3.05, 3.63) is 24.4 Å². The average Bonchev–Trinajstić information content (AvgIpc) is 2.85. The van der Waals surface area contributed by atoms with Crippen LogP contribution in [0.5, 0.6) is 0 Å². The molecule has 1 unspecified atom stereocenters. The smallest absolute Gasteiger partial charge is 0.303 e. The van der Waals surface area contributed by atoms with Gasteiger partial charge in [0.05, 0.1) is 9.90 Å². The Morgan fingerprint density at radius 2 is 2.23 bits per heavy atom. The molecule has 22 heavy (non-hydrogen) atoms. The lowest BCUT2D eigenvalue weighted by Gasteiger charge is -2.39. The molecular formula is C15H18N2O4S. The molecule has 1 aromatic heterocycles. The molecule has 1 aliphatic heterocycles. The van der Waals surface area contributed by atoms with Gasteiger partial charge in [-0.3, -0.25) is 14.4 Å². The second-order valence-electron chi connectivity index (χ2n) is 5.09. The van der Waals surface area contributed by atoms with Crippen molar-refractivity contribution in [1.82, 2.24) is 9.88 Å². The van der Waals surface area contributed by atoms with E-state index in [1.165, 1.54) is 16.7 Å². The molecule has 118 valence electrons. The maximum Gasteiger partial charge on any atom is 0.303 e. The van der Waals surface area contributed by atoms with Gasteiger partial charge in [0.15, 0.2) is 0 Å². The zero-order valence-electron chi connectivity index (χ0n) is 12.3. The zero-order chi connectivity index (χ0) is 16.2. The second kappa shape index (κ2) is 6.91. The van der Waals surface area contributed by atoms with Crippen molar-refractivity contribution in [1.29, 1.82) is 0 Å². The molecule has 1 fully saturated rings. The largest absolute Gasteiger partial charge is 0.481 e. The minimum atomic E-state index is -0.919. The van der Waals surface area contributed by atoms with Crippen molar-refractivity contribution in [3.63, 3.8) is 0 Å². The molecule has 1 saturated heterocycles. The van der Waals surface area contributed by atoms with Crippen molar-refractivity contribution < 1.29 is 19.5 Å². The molecule has 0 aromatic carbocycles. The Hall–Kier alpha value is -1.89. The number of carboxylic acids is 1. The first-order valence-electron chi connectivity index (χ1n) is 7.15. The predicted molar refractivity (Wildman–Crippen MR) is 81.3 cm³/mol. The van der Waals surface area contributed by atoms with Gasteiger partial charge in [0.25, 0.3) is 5.91 Å². The zero-order valence-corrected chi connectivity index (χ0v) is 13.1. The number of nitrogens with zero attached hydrogens (tertiary/aromatic N) is 2. The number of Topliss-reactive ketones (excluding diaryl/α,β-unsaturated/α-hetero) is 1. The molecule has 1 aliphatic rings. The van der Waals surface area contributed by atoms with Crippen LogP contribution in [0.3, 0.4) is 0 Å². The number of carbonyl (C=O) groups excluding carboxylic acids is 2. The van der Waals surface area contributed by atoms with E-state index in [1.54, 1.807) is 12.3 Å². The van der Waals surface area contributed by atoms with Gasteiger partial charge in [0.1, 0.15) is 0 Å². The van der Waals surface area contributed by atoms with Crippen LogP contribution < -0.4 is 0 Å². The quantitative estimate of drug-likeness (QED) is 0.610. The highest BCUT2D eigenvalue weighted by atomic mass is 32.2. The minimum Gasteiger partial charge on any atom is -0.481 e. The molecule has 2 rings (SSSR count). The molecule has 0 bridgehead atoms. The third-order valence-corrected chi connectivity index (χ3v) is 5.30. The molecule has 0 aliphatic carbocycles. The number of rotatable bonds is 7. The topological polar surface area (TPSA) is 87.6 Å². The summed E-state index contributed by atoms with van der Waals surface area (Å²) in [6.07, 6.45) is 2.60. The number of carboxylic acid groups (broad SMARTS) is 1. The molecular weight excluding hydrogens is 304 g/mol.